The van der Waals surface area contributed by atoms with Gasteiger partial charge in [0.2, 0.25) is 0 Å². The summed E-state index contributed by atoms with van der Waals surface area (Å²) in [6, 6.07) is 3.49. The van der Waals surface area contributed by atoms with Crippen LogP contribution in [0.5, 0.6) is 5.75 Å². The van der Waals surface area contributed by atoms with Crippen molar-refractivity contribution in [3.8, 4) is 17.1 Å². The molecular formula is C29H37N7O4S. The molecule has 0 amide bonds. The van der Waals surface area contributed by atoms with Crippen LogP contribution in [-0.2, 0) is 10.0 Å². The van der Waals surface area contributed by atoms with Crippen molar-refractivity contribution in [2.45, 2.75) is 62.5 Å². The molecule has 0 bridgehead atoms. The molecule has 3 fully saturated rings. The molecule has 0 aromatic carbocycles. The SMILES string of the molecule is CN(C)CC1CCC(COc2cc(Nc3ccnc(-c4cnn(S(=O)(=O)C5CC5)c4)n3)nc(C3CC3)c2C=O)CC1. The van der Waals surface area contributed by atoms with Crippen LogP contribution in [0.3, 0.4) is 0 Å². The number of hydrogen-bond donors (Lipinski definition) is 1. The maximum Gasteiger partial charge on any atom is 0.256 e. The summed E-state index contributed by atoms with van der Waals surface area (Å²) in [6.07, 6.45) is 13.4. The molecule has 3 saturated carbocycles. The first-order chi connectivity index (χ1) is 19.8. The minimum Gasteiger partial charge on any atom is -0.492 e. The highest BCUT2D eigenvalue weighted by Crippen LogP contribution is 2.43. The quantitative estimate of drug-likeness (QED) is 0.311. The first-order valence-corrected chi connectivity index (χ1v) is 16.0. The van der Waals surface area contributed by atoms with Gasteiger partial charge in [0.1, 0.15) is 17.4 Å². The lowest BCUT2D eigenvalue weighted by Gasteiger charge is -2.30. The molecule has 12 heteroatoms. The molecule has 3 heterocycles. The van der Waals surface area contributed by atoms with Crippen LogP contribution in [0.25, 0.3) is 11.4 Å². The Kier molecular flexibility index (Phi) is 7.78. The van der Waals surface area contributed by atoms with Crippen LogP contribution in [0, 0.1) is 11.8 Å². The molecular weight excluding hydrogens is 542 g/mol. The van der Waals surface area contributed by atoms with E-state index in [0.717, 1.165) is 54.2 Å². The number of nitrogens with one attached hydrogen (secondary N) is 1. The Morgan fingerprint density at radius 3 is 2.49 bits per heavy atom. The number of nitrogens with zero attached hydrogens (tertiary/aromatic N) is 6. The summed E-state index contributed by atoms with van der Waals surface area (Å²) in [6.45, 7) is 1.70. The highest BCUT2D eigenvalue weighted by molar-refractivity contribution is 7.90. The zero-order chi connectivity index (χ0) is 28.6. The highest BCUT2D eigenvalue weighted by atomic mass is 32.2. The van der Waals surface area contributed by atoms with E-state index < -0.39 is 10.0 Å². The topological polar surface area (TPSA) is 132 Å². The first-order valence-electron chi connectivity index (χ1n) is 14.5. The van der Waals surface area contributed by atoms with E-state index in [4.69, 9.17) is 9.72 Å². The van der Waals surface area contributed by atoms with Gasteiger partial charge in [-0.25, -0.2) is 23.4 Å². The van der Waals surface area contributed by atoms with E-state index in [1.807, 2.05) is 0 Å². The number of rotatable bonds is 12. The fourth-order valence-corrected chi connectivity index (χ4v) is 7.08. The largest absolute Gasteiger partial charge is 0.492 e. The smallest absolute Gasteiger partial charge is 0.256 e. The Hall–Kier alpha value is -3.38. The fourth-order valence-electron chi connectivity index (χ4n) is 5.60. The van der Waals surface area contributed by atoms with Gasteiger partial charge < -0.3 is 15.0 Å². The van der Waals surface area contributed by atoms with Crippen LogP contribution in [0.2, 0.25) is 0 Å². The van der Waals surface area contributed by atoms with Crippen LogP contribution in [0.4, 0.5) is 11.6 Å². The maximum absolute atomic E-state index is 12.5. The third-order valence-corrected chi connectivity index (χ3v) is 10.2. The van der Waals surface area contributed by atoms with Gasteiger partial charge in [-0.1, -0.05) is 0 Å². The summed E-state index contributed by atoms with van der Waals surface area (Å²) in [4.78, 5) is 28.1. The number of carbonyl (C=O) groups is 1. The zero-order valence-corrected chi connectivity index (χ0v) is 24.4. The Morgan fingerprint density at radius 1 is 1.05 bits per heavy atom. The molecule has 0 radical (unpaired) electrons. The Morgan fingerprint density at radius 2 is 1.80 bits per heavy atom. The van der Waals surface area contributed by atoms with Gasteiger partial charge in [0, 0.05) is 24.7 Å². The van der Waals surface area contributed by atoms with Crippen LogP contribution in [0.1, 0.15) is 73.3 Å². The van der Waals surface area contributed by atoms with Crippen molar-refractivity contribution in [2.75, 3.05) is 32.6 Å². The van der Waals surface area contributed by atoms with Crippen LogP contribution in [-0.4, -0.2) is 76.2 Å². The molecule has 0 aliphatic heterocycles. The van der Waals surface area contributed by atoms with E-state index in [1.165, 1.54) is 25.2 Å². The third-order valence-electron chi connectivity index (χ3n) is 8.13. The van der Waals surface area contributed by atoms with E-state index in [1.54, 1.807) is 18.3 Å². The zero-order valence-electron chi connectivity index (χ0n) is 23.6. The van der Waals surface area contributed by atoms with Gasteiger partial charge in [-0.3, -0.25) is 4.79 Å². The normalized spacial score (nSPS) is 21.1. The average molecular weight is 580 g/mol. The van der Waals surface area contributed by atoms with Crippen molar-refractivity contribution in [2.24, 2.45) is 11.8 Å². The second-order valence-corrected chi connectivity index (χ2v) is 14.0. The van der Waals surface area contributed by atoms with Gasteiger partial charge in [0.25, 0.3) is 10.0 Å². The van der Waals surface area contributed by atoms with Gasteiger partial charge in [0.15, 0.2) is 12.1 Å². The molecule has 0 spiro atoms. The summed E-state index contributed by atoms with van der Waals surface area (Å²) < 4.78 is 32.4. The number of ether oxygens (including phenoxy) is 1. The molecule has 1 N–H and O–H groups in total. The second-order valence-electron chi connectivity index (χ2n) is 11.9. The van der Waals surface area contributed by atoms with Crippen molar-refractivity contribution in [1.82, 2.24) is 29.0 Å². The third kappa shape index (κ3) is 6.43. The summed E-state index contributed by atoms with van der Waals surface area (Å²) in [5.41, 5.74) is 1.80. The molecule has 0 saturated heterocycles. The molecule has 3 aliphatic carbocycles. The summed E-state index contributed by atoms with van der Waals surface area (Å²) in [7, 11) is 0.781. The highest BCUT2D eigenvalue weighted by Gasteiger charge is 2.38. The summed E-state index contributed by atoms with van der Waals surface area (Å²) in [5.74, 6) is 3.39. The van der Waals surface area contributed by atoms with Crippen molar-refractivity contribution < 1.29 is 17.9 Å². The molecule has 41 heavy (non-hydrogen) atoms. The monoisotopic (exact) mass is 579 g/mol. The fraction of sp³-hybridized carbons (Fsp3) is 0.552. The lowest BCUT2D eigenvalue weighted by molar-refractivity contribution is 0.111. The number of pyridine rings is 1. The first kappa shape index (κ1) is 27.8. The minimum absolute atomic E-state index is 0.251. The molecule has 0 unspecified atom stereocenters. The van der Waals surface area contributed by atoms with E-state index in [-0.39, 0.29) is 11.2 Å². The number of hydrogen-bond acceptors (Lipinski definition) is 10. The lowest BCUT2D eigenvalue weighted by Crippen LogP contribution is -2.27. The molecule has 3 aromatic heterocycles. The Bertz CT molecular complexity index is 1510. The molecule has 218 valence electrons. The number of carbonyl (C=O) groups excluding carboxylic acids is 1. The molecule has 0 atom stereocenters. The standard InChI is InChI=1S/C29H37N7O4S/c1-35(2)15-19-3-5-20(6-4-19)18-40-25-13-27(33-28(21-7-8-21)24(25)17-37)32-26-11-12-30-29(34-26)22-14-31-36(16-22)41(38,39)23-9-10-23/h11-14,16-17,19-21,23H,3-10,15,18H2,1-2H3,(H,30,32,33,34). The van der Waals surface area contributed by atoms with Crippen LogP contribution >= 0.6 is 0 Å². The van der Waals surface area contributed by atoms with Crippen molar-refractivity contribution >= 4 is 27.9 Å². The number of aromatic nitrogens is 5. The predicted octanol–water partition coefficient (Wildman–Crippen LogP) is 4.26. The minimum atomic E-state index is -3.47. The predicted molar refractivity (Wildman–Crippen MR) is 155 cm³/mol. The van der Waals surface area contributed by atoms with Gasteiger partial charge in [-0.05, 0) is 83.4 Å². The van der Waals surface area contributed by atoms with Gasteiger partial charge in [0.05, 0.1) is 41.1 Å². The van der Waals surface area contributed by atoms with Crippen molar-refractivity contribution in [3.63, 3.8) is 0 Å². The van der Waals surface area contributed by atoms with Crippen LogP contribution < -0.4 is 10.1 Å². The summed E-state index contributed by atoms with van der Waals surface area (Å²) in [5, 5.41) is 6.93. The maximum atomic E-state index is 12.5. The van der Waals surface area contributed by atoms with Crippen molar-refractivity contribution in [3.05, 3.63) is 42.0 Å². The molecule has 3 aliphatic rings. The Labute approximate surface area is 240 Å². The average Bonchev–Trinajstić information content (AvgIpc) is 3.90. The Balaban J connectivity index is 1.18. The van der Waals surface area contributed by atoms with E-state index in [0.29, 0.717) is 59.7 Å². The number of anilines is 2. The van der Waals surface area contributed by atoms with Crippen LogP contribution in [0.15, 0.2) is 30.7 Å². The summed E-state index contributed by atoms with van der Waals surface area (Å²) >= 11 is 0. The lowest BCUT2D eigenvalue weighted by atomic mass is 9.82. The number of aldehydes is 1. The van der Waals surface area contributed by atoms with E-state index in [9.17, 15) is 13.2 Å². The van der Waals surface area contributed by atoms with E-state index >= 15 is 0 Å². The van der Waals surface area contributed by atoms with Crippen molar-refractivity contribution in [1.29, 1.82) is 0 Å². The molecule has 6 rings (SSSR count). The van der Waals surface area contributed by atoms with Gasteiger partial charge >= 0.3 is 0 Å². The van der Waals surface area contributed by atoms with E-state index in [2.05, 4.69) is 39.4 Å². The van der Waals surface area contributed by atoms with Gasteiger partial charge in [-0.2, -0.15) is 9.19 Å². The molecule has 3 aromatic rings. The second kappa shape index (κ2) is 11.5. The molecule has 11 nitrogen and oxygen atoms in total. The van der Waals surface area contributed by atoms with Gasteiger partial charge in [-0.15, -0.1) is 0 Å².